The molecular weight excluding hydrogens is 209 g/mol. The Labute approximate surface area is 93.1 Å². The highest BCUT2D eigenvalue weighted by atomic mass is 16.5. The predicted octanol–water partition coefficient (Wildman–Crippen LogP) is -0.402. The first-order valence-corrected chi connectivity index (χ1v) is 4.57. The van der Waals surface area contributed by atoms with Crippen molar-refractivity contribution in [2.24, 2.45) is 0 Å². The van der Waals surface area contributed by atoms with Crippen molar-refractivity contribution in [3.63, 3.8) is 0 Å². The van der Waals surface area contributed by atoms with Crippen molar-refractivity contribution in [2.45, 2.75) is 0 Å². The van der Waals surface area contributed by atoms with E-state index in [1.165, 1.54) is 19.2 Å². The zero-order chi connectivity index (χ0) is 11.7. The molecule has 0 aliphatic carbocycles. The Hall–Kier alpha value is -1.98. The summed E-state index contributed by atoms with van der Waals surface area (Å²) in [6.45, 7) is -0.109. The molecule has 2 radical (unpaired) electrons. The Bertz CT molecular complexity index is 472. The number of rotatable bonds is 1. The van der Waals surface area contributed by atoms with Crippen molar-refractivity contribution in [1.82, 2.24) is 0 Å². The fourth-order valence-electron chi connectivity index (χ4n) is 1.47. The molecule has 0 saturated carbocycles. The molecule has 1 aromatic rings. The van der Waals surface area contributed by atoms with Gasteiger partial charge < -0.3 is 14.8 Å². The first-order chi connectivity index (χ1) is 7.63. The lowest BCUT2D eigenvalue weighted by Gasteiger charge is -2.21. The van der Waals surface area contributed by atoms with E-state index in [4.69, 9.17) is 12.6 Å². The van der Waals surface area contributed by atoms with Gasteiger partial charge in [-0.1, -0.05) is 11.5 Å². The second-order valence-electron chi connectivity index (χ2n) is 3.23. The maximum absolute atomic E-state index is 11.4. The van der Waals surface area contributed by atoms with E-state index >= 15 is 0 Å². The van der Waals surface area contributed by atoms with Gasteiger partial charge in [-0.25, -0.2) is 4.79 Å². The number of anilines is 1. The molecule has 1 N–H and O–H groups in total. The number of esters is 1. The molecule has 0 saturated heterocycles. The van der Waals surface area contributed by atoms with Crippen molar-refractivity contribution in [3.8, 4) is 5.75 Å². The zero-order valence-electron chi connectivity index (χ0n) is 8.57. The number of carbonyl (C=O) groups is 2. The first-order valence-electron chi connectivity index (χ1n) is 4.57. The van der Waals surface area contributed by atoms with Crippen LogP contribution < -0.4 is 15.5 Å². The molecule has 1 aromatic carbocycles. The van der Waals surface area contributed by atoms with Crippen LogP contribution >= 0.6 is 0 Å². The van der Waals surface area contributed by atoms with Gasteiger partial charge in [0, 0.05) is 0 Å². The van der Waals surface area contributed by atoms with Gasteiger partial charge >= 0.3 is 5.97 Å². The van der Waals surface area contributed by atoms with Crippen LogP contribution in [0.2, 0.25) is 0 Å². The smallest absolute Gasteiger partial charge is 0.340 e. The van der Waals surface area contributed by atoms with E-state index in [1.54, 1.807) is 0 Å². The fraction of sp³-hybridized carbons (Fsp3) is 0.200. The number of methoxy groups -OCH3 is 1. The second kappa shape index (κ2) is 3.88. The highest BCUT2D eigenvalue weighted by molar-refractivity contribution is 6.35. The highest BCUT2D eigenvalue weighted by Gasteiger charge is 2.24. The standard InChI is InChI=1S/C10H8BNO4/c1-15-10(14)5-2-3-6(11)9-8(5)12-7(13)4-16-9/h2-3H,4H2,1H3,(H,12,13). The normalized spacial score (nSPS) is 13.4. The minimum Gasteiger partial charge on any atom is -0.482 e. The van der Waals surface area contributed by atoms with Crippen LogP contribution in [0.25, 0.3) is 0 Å². The van der Waals surface area contributed by atoms with Gasteiger partial charge in [-0.3, -0.25) is 4.79 Å². The van der Waals surface area contributed by atoms with Crippen LogP contribution in [-0.2, 0) is 9.53 Å². The van der Waals surface area contributed by atoms with Gasteiger partial charge in [0.15, 0.2) is 6.61 Å². The Morgan fingerprint density at radius 3 is 3.00 bits per heavy atom. The Morgan fingerprint density at radius 2 is 2.31 bits per heavy atom. The highest BCUT2D eigenvalue weighted by Crippen LogP contribution is 2.29. The number of hydrogen-bond acceptors (Lipinski definition) is 4. The number of amides is 1. The molecule has 1 heterocycles. The number of hydrogen-bond donors (Lipinski definition) is 1. The third kappa shape index (κ3) is 1.62. The molecule has 5 nitrogen and oxygen atoms in total. The van der Waals surface area contributed by atoms with Crippen molar-refractivity contribution < 1.29 is 19.1 Å². The van der Waals surface area contributed by atoms with Gasteiger partial charge in [0.2, 0.25) is 0 Å². The molecule has 2 rings (SSSR count). The molecule has 1 amide bonds. The number of ether oxygens (including phenoxy) is 2. The van der Waals surface area contributed by atoms with E-state index < -0.39 is 5.97 Å². The van der Waals surface area contributed by atoms with Crippen molar-refractivity contribution in [2.75, 3.05) is 19.0 Å². The lowest BCUT2D eigenvalue weighted by atomic mass is 9.92. The average Bonchev–Trinajstić information content (AvgIpc) is 2.28. The topological polar surface area (TPSA) is 64.6 Å². The summed E-state index contributed by atoms with van der Waals surface area (Å²) in [5.41, 5.74) is 0.852. The van der Waals surface area contributed by atoms with Gasteiger partial charge in [-0.2, -0.15) is 0 Å². The quantitative estimate of drug-likeness (QED) is 0.513. The summed E-state index contributed by atoms with van der Waals surface area (Å²) in [6, 6.07) is 3.01. The number of carbonyl (C=O) groups excluding carboxylic acids is 2. The Kier molecular flexibility index (Phi) is 2.56. The fourth-order valence-corrected chi connectivity index (χ4v) is 1.47. The maximum Gasteiger partial charge on any atom is 0.340 e. The third-order valence-corrected chi connectivity index (χ3v) is 2.21. The molecule has 0 unspecified atom stereocenters. The van der Waals surface area contributed by atoms with Crippen LogP contribution in [0.4, 0.5) is 5.69 Å². The summed E-state index contributed by atoms with van der Waals surface area (Å²) >= 11 is 0. The van der Waals surface area contributed by atoms with Crippen LogP contribution in [0, 0.1) is 0 Å². The molecule has 1 aliphatic rings. The van der Waals surface area contributed by atoms with Gasteiger partial charge in [-0.05, 0) is 6.07 Å². The van der Waals surface area contributed by atoms with E-state index in [0.29, 0.717) is 11.2 Å². The van der Waals surface area contributed by atoms with Crippen LogP contribution in [0.1, 0.15) is 10.4 Å². The maximum atomic E-state index is 11.4. The molecule has 80 valence electrons. The average molecular weight is 217 g/mol. The Balaban J connectivity index is 2.56. The second-order valence-corrected chi connectivity index (χ2v) is 3.23. The van der Waals surface area contributed by atoms with Crippen LogP contribution in [-0.4, -0.2) is 33.4 Å². The van der Waals surface area contributed by atoms with E-state index in [2.05, 4.69) is 10.1 Å². The first kappa shape index (κ1) is 10.5. The number of fused-ring (bicyclic) bond motifs is 1. The largest absolute Gasteiger partial charge is 0.482 e. The summed E-state index contributed by atoms with van der Waals surface area (Å²) in [5.74, 6) is -0.576. The van der Waals surface area contributed by atoms with Gasteiger partial charge in [-0.15, -0.1) is 0 Å². The monoisotopic (exact) mass is 217 g/mol. The minimum absolute atomic E-state index is 0.109. The molecule has 6 heteroatoms. The van der Waals surface area contributed by atoms with Crippen LogP contribution in [0.15, 0.2) is 12.1 Å². The predicted molar refractivity (Wildman–Crippen MR) is 57.3 cm³/mol. The van der Waals surface area contributed by atoms with Crippen molar-refractivity contribution >= 4 is 30.9 Å². The molecule has 0 spiro atoms. The van der Waals surface area contributed by atoms with Crippen LogP contribution in [0.5, 0.6) is 5.75 Å². The molecule has 16 heavy (non-hydrogen) atoms. The van der Waals surface area contributed by atoms with Gasteiger partial charge in [0.25, 0.3) is 5.91 Å². The lowest BCUT2D eigenvalue weighted by molar-refractivity contribution is -0.118. The molecule has 1 aliphatic heterocycles. The summed E-state index contributed by atoms with van der Waals surface area (Å²) in [5, 5.41) is 2.54. The molecular formula is C10H8BNO4. The summed E-state index contributed by atoms with van der Waals surface area (Å²) in [4.78, 5) is 22.6. The van der Waals surface area contributed by atoms with E-state index in [0.717, 1.165) is 0 Å². The van der Waals surface area contributed by atoms with Crippen molar-refractivity contribution in [3.05, 3.63) is 17.7 Å². The summed E-state index contributed by atoms with van der Waals surface area (Å²) in [7, 11) is 6.93. The number of benzene rings is 1. The summed E-state index contributed by atoms with van der Waals surface area (Å²) in [6.07, 6.45) is 0. The van der Waals surface area contributed by atoms with Crippen LogP contribution in [0.3, 0.4) is 0 Å². The Morgan fingerprint density at radius 1 is 1.56 bits per heavy atom. The van der Waals surface area contributed by atoms with Crippen molar-refractivity contribution in [1.29, 1.82) is 0 Å². The van der Waals surface area contributed by atoms with Gasteiger partial charge in [0.1, 0.15) is 13.6 Å². The molecule has 0 atom stereocenters. The minimum atomic E-state index is -0.554. The summed E-state index contributed by atoms with van der Waals surface area (Å²) < 4.78 is 9.75. The van der Waals surface area contributed by atoms with E-state index in [9.17, 15) is 9.59 Å². The molecule has 0 aromatic heterocycles. The van der Waals surface area contributed by atoms with Gasteiger partial charge in [0.05, 0.1) is 18.4 Å². The number of nitrogens with one attached hydrogen (secondary N) is 1. The van der Waals surface area contributed by atoms with E-state index in [1.807, 2.05) is 0 Å². The van der Waals surface area contributed by atoms with E-state index in [-0.39, 0.29) is 23.8 Å². The SMILES string of the molecule is [B]c1ccc(C(=O)OC)c2c1OCC(=O)N2. The lowest BCUT2D eigenvalue weighted by Crippen LogP contribution is -2.30. The zero-order valence-corrected chi connectivity index (χ0v) is 8.57. The molecule has 0 bridgehead atoms. The molecule has 0 fully saturated rings. The third-order valence-electron chi connectivity index (χ3n) is 2.21.